The average molecular weight is 290 g/mol. The summed E-state index contributed by atoms with van der Waals surface area (Å²) in [6.45, 7) is 1.13. The number of nitrogens with zero attached hydrogens (tertiary/aromatic N) is 1. The average Bonchev–Trinajstić information content (AvgIpc) is 2.29. The molecule has 0 radical (unpaired) electrons. The minimum atomic E-state index is -0.370. The van der Waals surface area contributed by atoms with Crippen LogP contribution in [0.2, 0.25) is 10.0 Å². The van der Waals surface area contributed by atoms with E-state index in [2.05, 4.69) is 0 Å². The van der Waals surface area contributed by atoms with Crippen molar-refractivity contribution in [2.45, 2.75) is 12.5 Å². The maximum Gasteiger partial charge on any atom is 0.226 e. The number of aliphatic hydroxyl groups excluding tert-OH is 1. The van der Waals surface area contributed by atoms with Gasteiger partial charge in [0.25, 0.3) is 0 Å². The fraction of sp³-hybridized carbons (Fsp3) is 0.417. The Balaban J connectivity index is 1.74. The Morgan fingerprint density at radius 3 is 2.72 bits per heavy atom. The van der Waals surface area contributed by atoms with E-state index in [1.807, 2.05) is 0 Å². The molecular weight excluding hydrogens is 277 g/mol. The number of β-amino-alcohol motifs (C(OH)–C–C–N with tert-alkyl or cyclic N) is 1. The monoisotopic (exact) mass is 289 g/mol. The van der Waals surface area contributed by atoms with Crippen molar-refractivity contribution in [3.8, 4) is 5.75 Å². The Morgan fingerprint density at radius 1 is 1.39 bits per heavy atom. The van der Waals surface area contributed by atoms with E-state index in [9.17, 15) is 4.79 Å². The highest BCUT2D eigenvalue weighted by atomic mass is 35.5. The summed E-state index contributed by atoms with van der Waals surface area (Å²) in [5.41, 5.74) is 0. The standard InChI is InChI=1S/C12H13Cl2NO3/c13-10-2-1-9(5-11(10)14)18-4-3-12(17)15-6-8(16)7-15/h1-2,5,8,16H,3-4,6-7H2. The molecule has 0 atom stereocenters. The lowest BCUT2D eigenvalue weighted by molar-refractivity contribution is -0.141. The van der Waals surface area contributed by atoms with Gasteiger partial charge in [-0.3, -0.25) is 4.79 Å². The molecule has 0 aromatic heterocycles. The molecular formula is C12H13Cl2NO3. The smallest absolute Gasteiger partial charge is 0.226 e. The molecule has 2 rings (SSSR count). The van der Waals surface area contributed by atoms with E-state index < -0.39 is 0 Å². The number of hydrogen-bond donors (Lipinski definition) is 1. The SMILES string of the molecule is O=C(CCOc1ccc(Cl)c(Cl)c1)N1CC(O)C1. The fourth-order valence-corrected chi connectivity index (χ4v) is 1.93. The van der Waals surface area contributed by atoms with E-state index in [0.29, 0.717) is 28.9 Å². The van der Waals surface area contributed by atoms with Crippen molar-refractivity contribution in [1.29, 1.82) is 0 Å². The van der Waals surface area contributed by atoms with Crippen LogP contribution in [-0.2, 0) is 4.79 Å². The summed E-state index contributed by atoms with van der Waals surface area (Å²) in [4.78, 5) is 13.2. The van der Waals surface area contributed by atoms with Crippen LogP contribution in [0, 0.1) is 0 Å². The normalized spacial score (nSPS) is 15.4. The quantitative estimate of drug-likeness (QED) is 0.922. The molecule has 1 aliphatic heterocycles. The highest BCUT2D eigenvalue weighted by molar-refractivity contribution is 6.42. The number of carbonyl (C=O) groups is 1. The molecule has 1 saturated heterocycles. The number of ether oxygens (including phenoxy) is 1. The second-order valence-corrected chi connectivity index (χ2v) is 4.94. The maximum atomic E-state index is 11.6. The van der Waals surface area contributed by atoms with Crippen molar-refractivity contribution in [3.05, 3.63) is 28.2 Å². The number of carbonyl (C=O) groups excluding carboxylic acids is 1. The summed E-state index contributed by atoms with van der Waals surface area (Å²) >= 11 is 11.6. The minimum Gasteiger partial charge on any atom is -0.493 e. The van der Waals surface area contributed by atoms with Crippen LogP contribution in [0.25, 0.3) is 0 Å². The summed E-state index contributed by atoms with van der Waals surface area (Å²) in [6.07, 6.45) is -0.0857. The van der Waals surface area contributed by atoms with Crippen molar-refractivity contribution in [2.24, 2.45) is 0 Å². The van der Waals surface area contributed by atoms with Crippen molar-refractivity contribution < 1.29 is 14.6 Å². The first-order valence-corrected chi connectivity index (χ1v) is 6.35. The maximum absolute atomic E-state index is 11.6. The molecule has 0 unspecified atom stereocenters. The van der Waals surface area contributed by atoms with Gasteiger partial charge in [0, 0.05) is 19.2 Å². The third kappa shape index (κ3) is 3.28. The van der Waals surface area contributed by atoms with Gasteiger partial charge in [-0.05, 0) is 12.1 Å². The Hall–Kier alpha value is -0.970. The third-order valence-corrected chi connectivity index (χ3v) is 3.43. The van der Waals surface area contributed by atoms with Crippen molar-refractivity contribution >= 4 is 29.1 Å². The molecule has 1 aromatic carbocycles. The van der Waals surface area contributed by atoms with Crippen molar-refractivity contribution in [1.82, 2.24) is 4.90 Å². The first-order chi connectivity index (χ1) is 8.56. The predicted molar refractivity (Wildman–Crippen MR) is 69.2 cm³/mol. The van der Waals surface area contributed by atoms with E-state index in [1.165, 1.54) is 0 Å². The van der Waals surface area contributed by atoms with Gasteiger partial charge >= 0.3 is 0 Å². The molecule has 1 amide bonds. The first-order valence-electron chi connectivity index (χ1n) is 5.60. The number of rotatable bonds is 4. The topological polar surface area (TPSA) is 49.8 Å². The molecule has 0 bridgehead atoms. The molecule has 1 N–H and O–H groups in total. The van der Waals surface area contributed by atoms with Crippen LogP contribution >= 0.6 is 23.2 Å². The van der Waals surface area contributed by atoms with E-state index in [-0.39, 0.29) is 25.0 Å². The van der Waals surface area contributed by atoms with Gasteiger partial charge in [0.1, 0.15) is 5.75 Å². The number of benzene rings is 1. The van der Waals surface area contributed by atoms with Crippen molar-refractivity contribution in [2.75, 3.05) is 19.7 Å². The Morgan fingerprint density at radius 2 is 2.11 bits per heavy atom. The number of aliphatic hydroxyl groups is 1. The van der Waals surface area contributed by atoms with Crippen molar-refractivity contribution in [3.63, 3.8) is 0 Å². The lowest BCUT2D eigenvalue weighted by Crippen LogP contribution is -2.53. The van der Waals surface area contributed by atoms with E-state index >= 15 is 0 Å². The largest absolute Gasteiger partial charge is 0.493 e. The number of hydrogen-bond acceptors (Lipinski definition) is 3. The zero-order valence-electron chi connectivity index (χ0n) is 9.60. The highest BCUT2D eigenvalue weighted by Crippen LogP contribution is 2.26. The van der Waals surface area contributed by atoms with E-state index in [1.54, 1.807) is 23.1 Å². The van der Waals surface area contributed by atoms with Gasteiger partial charge in [-0.15, -0.1) is 0 Å². The number of amides is 1. The van der Waals surface area contributed by atoms with Gasteiger partial charge in [-0.2, -0.15) is 0 Å². The molecule has 0 saturated carbocycles. The first kappa shape index (κ1) is 13.5. The molecule has 0 spiro atoms. The zero-order chi connectivity index (χ0) is 13.1. The van der Waals surface area contributed by atoms with Crippen LogP contribution in [0.5, 0.6) is 5.75 Å². The van der Waals surface area contributed by atoms with Crippen LogP contribution in [0.15, 0.2) is 18.2 Å². The van der Waals surface area contributed by atoms with E-state index in [4.69, 9.17) is 33.0 Å². The van der Waals surface area contributed by atoms with Gasteiger partial charge in [-0.1, -0.05) is 23.2 Å². The molecule has 4 nitrogen and oxygen atoms in total. The summed E-state index contributed by atoms with van der Waals surface area (Å²) in [5, 5.41) is 9.96. The summed E-state index contributed by atoms with van der Waals surface area (Å²) < 4.78 is 5.40. The molecule has 1 aromatic rings. The van der Waals surface area contributed by atoms with Crippen LogP contribution in [0.4, 0.5) is 0 Å². The van der Waals surface area contributed by atoms with Crippen LogP contribution in [0.1, 0.15) is 6.42 Å². The van der Waals surface area contributed by atoms with Crippen LogP contribution in [0.3, 0.4) is 0 Å². The van der Waals surface area contributed by atoms with Gasteiger partial charge in [0.15, 0.2) is 0 Å². The Labute approximate surface area is 115 Å². The molecule has 6 heteroatoms. The summed E-state index contributed by atoms with van der Waals surface area (Å²) in [5.74, 6) is 0.571. The number of halogens is 2. The van der Waals surface area contributed by atoms with Gasteiger partial charge in [-0.25, -0.2) is 0 Å². The fourth-order valence-electron chi connectivity index (χ4n) is 1.64. The Kier molecular flexibility index (Phi) is 4.32. The molecule has 0 aliphatic carbocycles. The summed E-state index contributed by atoms with van der Waals surface area (Å²) in [6, 6.07) is 4.96. The van der Waals surface area contributed by atoms with Gasteiger partial charge in [0.2, 0.25) is 5.91 Å². The minimum absolute atomic E-state index is 0.0136. The summed E-state index contributed by atoms with van der Waals surface area (Å²) in [7, 11) is 0. The van der Waals surface area contributed by atoms with Crippen LogP contribution in [-0.4, -0.2) is 41.7 Å². The molecule has 1 fully saturated rings. The van der Waals surface area contributed by atoms with Gasteiger partial charge < -0.3 is 14.7 Å². The second kappa shape index (κ2) is 5.78. The Bertz CT molecular complexity index is 447. The predicted octanol–water partition coefficient (Wildman–Crippen LogP) is 1.97. The van der Waals surface area contributed by atoms with Crippen LogP contribution < -0.4 is 4.74 Å². The number of likely N-dealkylation sites (tertiary alicyclic amines) is 1. The molecule has 98 valence electrons. The molecule has 1 heterocycles. The lowest BCUT2D eigenvalue weighted by Gasteiger charge is -2.35. The lowest BCUT2D eigenvalue weighted by atomic mass is 10.1. The van der Waals surface area contributed by atoms with E-state index in [0.717, 1.165) is 0 Å². The second-order valence-electron chi connectivity index (χ2n) is 4.13. The third-order valence-electron chi connectivity index (χ3n) is 2.69. The molecule has 1 aliphatic rings. The zero-order valence-corrected chi connectivity index (χ0v) is 11.1. The molecule has 18 heavy (non-hydrogen) atoms. The van der Waals surface area contributed by atoms with Gasteiger partial charge in [0.05, 0.1) is 29.2 Å². The highest BCUT2D eigenvalue weighted by Gasteiger charge is 2.28.